The van der Waals surface area contributed by atoms with Gasteiger partial charge in [-0.25, -0.2) is 15.8 Å². The Morgan fingerprint density at radius 1 is 1.22 bits per heavy atom. The van der Waals surface area contributed by atoms with Gasteiger partial charge in [-0.3, -0.25) is 0 Å². The molecule has 0 bridgehead atoms. The van der Waals surface area contributed by atoms with Crippen molar-refractivity contribution in [3.8, 4) is 0 Å². The van der Waals surface area contributed by atoms with Crippen molar-refractivity contribution in [3.05, 3.63) is 17.1 Å². The second-order valence-electron chi connectivity index (χ2n) is 4.67. The van der Waals surface area contributed by atoms with Crippen LogP contribution in [0, 0.1) is 0 Å². The van der Waals surface area contributed by atoms with Crippen molar-refractivity contribution in [3.63, 3.8) is 0 Å². The summed E-state index contributed by atoms with van der Waals surface area (Å²) >= 11 is 0. The van der Waals surface area contributed by atoms with Crippen LogP contribution in [0.5, 0.6) is 0 Å². The van der Waals surface area contributed by atoms with E-state index in [4.69, 9.17) is 10.6 Å². The quantitative estimate of drug-likeness (QED) is 0.362. The fourth-order valence-electron chi connectivity index (χ4n) is 2.31. The third-order valence-corrected chi connectivity index (χ3v) is 3.20. The molecule has 2 rings (SSSR count). The first kappa shape index (κ1) is 13.2. The fraction of sp³-hybridized carbons (Fsp3) is 0.692. The molecule has 0 radical (unpaired) electrons. The van der Waals surface area contributed by atoms with Gasteiger partial charge in [0.1, 0.15) is 12.4 Å². The molecule has 1 aromatic heterocycles. The van der Waals surface area contributed by atoms with E-state index in [0.29, 0.717) is 6.61 Å². The zero-order valence-corrected chi connectivity index (χ0v) is 11.0. The van der Waals surface area contributed by atoms with E-state index in [1.165, 1.54) is 24.8 Å². The van der Waals surface area contributed by atoms with Gasteiger partial charge in [-0.05, 0) is 32.1 Å². The van der Waals surface area contributed by atoms with Crippen LogP contribution >= 0.6 is 0 Å². The van der Waals surface area contributed by atoms with Gasteiger partial charge in [-0.2, -0.15) is 0 Å². The molecule has 0 fully saturated rings. The highest BCUT2D eigenvalue weighted by atomic mass is 16.5. The van der Waals surface area contributed by atoms with E-state index in [-0.39, 0.29) is 0 Å². The van der Waals surface area contributed by atoms with E-state index in [2.05, 4.69) is 22.3 Å². The Balaban J connectivity index is 2.19. The maximum Gasteiger partial charge on any atom is 0.156 e. The van der Waals surface area contributed by atoms with Crippen LogP contribution in [0.15, 0.2) is 0 Å². The summed E-state index contributed by atoms with van der Waals surface area (Å²) in [6.07, 6.45) is 6.69. The number of ether oxygens (including phenoxy) is 1. The summed E-state index contributed by atoms with van der Waals surface area (Å²) in [6.45, 7) is 3.30. The Labute approximate surface area is 108 Å². The van der Waals surface area contributed by atoms with Crippen LogP contribution < -0.4 is 11.3 Å². The Bertz CT molecular complexity index is 395. The molecule has 1 aliphatic carbocycles. The predicted molar refractivity (Wildman–Crippen MR) is 71.0 cm³/mol. The summed E-state index contributed by atoms with van der Waals surface area (Å²) in [5, 5.41) is 0. The first-order chi connectivity index (χ1) is 8.85. The third kappa shape index (κ3) is 3.17. The molecular weight excluding hydrogens is 228 g/mol. The number of anilines is 1. The van der Waals surface area contributed by atoms with Gasteiger partial charge >= 0.3 is 0 Å². The van der Waals surface area contributed by atoms with Gasteiger partial charge in [0, 0.05) is 17.9 Å². The lowest BCUT2D eigenvalue weighted by molar-refractivity contribution is 0.116. The first-order valence-electron chi connectivity index (χ1n) is 6.78. The number of aromatic nitrogens is 2. The standard InChI is InChI=1S/C13H22N4O/c1-2-8-18-9-12-15-11-7-5-3-4-6-10(11)13(16-12)17-14/h2-9,14H2,1H3,(H,15,16,17). The van der Waals surface area contributed by atoms with Gasteiger partial charge in [0.2, 0.25) is 0 Å². The second-order valence-corrected chi connectivity index (χ2v) is 4.67. The molecule has 18 heavy (non-hydrogen) atoms. The minimum Gasteiger partial charge on any atom is -0.373 e. The zero-order valence-electron chi connectivity index (χ0n) is 11.0. The summed E-state index contributed by atoms with van der Waals surface area (Å²) in [5.74, 6) is 7.08. The van der Waals surface area contributed by atoms with Crippen LogP contribution in [0.3, 0.4) is 0 Å². The van der Waals surface area contributed by atoms with Crippen molar-refractivity contribution in [1.29, 1.82) is 0 Å². The van der Waals surface area contributed by atoms with Crippen molar-refractivity contribution in [2.75, 3.05) is 12.0 Å². The monoisotopic (exact) mass is 250 g/mol. The van der Waals surface area contributed by atoms with E-state index in [1.807, 2.05) is 0 Å². The minimum atomic E-state index is 0.468. The maximum absolute atomic E-state index is 5.57. The van der Waals surface area contributed by atoms with Crippen molar-refractivity contribution in [1.82, 2.24) is 9.97 Å². The van der Waals surface area contributed by atoms with Gasteiger partial charge in [-0.1, -0.05) is 13.3 Å². The largest absolute Gasteiger partial charge is 0.373 e. The number of nitrogens with zero attached hydrogens (tertiary/aromatic N) is 2. The lowest BCUT2D eigenvalue weighted by Crippen LogP contribution is -2.16. The molecule has 0 saturated heterocycles. The Morgan fingerprint density at radius 2 is 2.06 bits per heavy atom. The summed E-state index contributed by atoms with van der Waals surface area (Å²) in [6, 6.07) is 0. The fourth-order valence-corrected chi connectivity index (χ4v) is 2.31. The average molecular weight is 250 g/mol. The molecule has 1 heterocycles. The second kappa shape index (κ2) is 6.66. The summed E-state index contributed by atoms with van der Waals surface area (Å²) in [7, 11) is 0. The average Bonchev–Trinajstić information content (AvgIpc) is 2.63. The van der Waals surface area contributed by atoms with Crippen molar-refractivity contribution in [2.24, 2.45) is 5.84 Å². The molecule has 0 spiro atoms. The Hall–Kier alpha value is -1.20. The number of hydrogen-bond donors (Lipinski definition) is 2. The van der Waals surface area contributed by atoms with Crippen molar-refractivity contribution >= 4 is 5.82 Å². The Kier molecular flexibility index (Phi) is 4.90. The van der Waals surface area contributed by atoms with E-state index >= 15 is 0 Å². The van der Waals surface area contributed by atoms with Crippen LogP contribution in [0.2, 0.25) is 0 Å². The normalized spacial score (nSPS) is 15.0. The molecule has 5 nitrogen and oxygen atoms in total. The summed E-state index contributed by atoms with van der Waals surface area (Å²) < 4.78 is 5.50. The lowest BCUT2D eigenvalue weighted by Gasteiger charge is -2.12. The maximum atomic E-state index is 5.57. The molecule has 1 aromatic rings. The van der Waals surface area contributed by atoms with E-state index in [1.54, 1.807) is 0 Å². The molecule has 0 atom stereocenters. The highest BCUT2D eigenvalue weighted by Gasteiger charge is 2.16. The van der Waals surface area contributed by atoms with Crippen LogP contribution in [0.4, 0.5) is 5.82 Å². The molecular formula is C13H22N4O. The van der Waals surface area contributed by atoms with Gasteiger partial charge in [0.25, 0.3) is 0 Å². The van der Waals surface area contributed by atoms with Crippen LogP contribution in [0.25, 0.3) is 0 Å². The molecule has 0 amide bonds. The molecule has 3 N–H and O–H groups in total. The van der Waals surface area contributed by atoms with E-state index < -0.39 is 0 Å². The number of fused-ring (bicyclic) bond motifs is 1. The minimum absolute atomic E-state index is 0.468. The smallest absolute Gasteiger partial charge is 0.156 e. The third-order valence-electron chi connectivity index (χ3n) is 3.20. The van der Waals surface area contributed by atoms with Gasteiger partial charge in [0.05, 0.1) is 0 Å². The van der Waals surface area contributed by atoms with E-state index in [9.17, 15) is 0 Å². The lowest BCUT2D eigenvalue weighted by atomic mass is 10.1. The number of rotatable bonds is 5. The molecule has 0 aromatic carbocycles. The summed E-state index contributed by atoms with van der Waals surface area (Å²) in [4.78, 5) is 9.07. The van der Waals surface area contributed by atoms with E-state index in [0.717, 1.165) is 43.2 Å². The van der Waals surface area contributed by atoms with Crippen LogP contribution in [0.1, 0.15) is 49.7 Å². The molecule has 100 valence electrons. The zero-order chi connectivity index (χ0) is 12.8. The topological polar surface area (TPSA) is 73.1 Å². The highest BCUT2D eigenvalue weighted by molar-refractivity contribution is 5.46. The first-order valence-corrected chi connectivity index (χ1v) is 6.78. The molecule has 1 aliphatic rings. The van der Waals surface area contributed by atoms with Crippen molar-refractivity contribution < 1.29 is 4.74 Å². The Morgan fingerprint density at radius 3 is 2.83 bits per heavy atom. The van der Waals surface area contributed by atoms with Gasteiger partial charge in [0.15, 0.2) is 5.82 Å². The van der Waals surface area contributed by atoms with Gasteiger partial charge < -0.3 is 10.2 Å². The number of hydrazine groups is 1. The molecule has 5 heteroatoms. The number of nitrogens with one attached hydrogen (secondary N) is 1. The van der Waals surface area contributed by atoms with Gasteiger partial charge in [-0.15, -0.1) is 0 Å². The van der Waals surface area contributed by atoms with Crippen LogP contribution in [-0.2, 0) is 24.2 Å². The number of nitrogens with two attached hydrogens (primary N) is 1. The SMILES string of the molecule is CCCOCc1nc2c(c(NN)n1)CCCCC2. The van der Waals surface area contributed by atoms with Crippen LogP contribution in [-0.4, -0.2) is 16.6 Å². The predicted octanol–water partition coefficient (Wildman–Crippen LogP) is 1.96. The number of aryl methyl sites for hydroxylation is 1. The number of hydrogen-bond acceptors (Lipinski definition) is 5. The molecule has 0 aliphatic heterocycles. The highest BCUT2D eigenvalue weighted by Crippen LogP contribution is 2.24. The molecule has 0 saturated carbocycles. The summed E-state index contributed by atoms with van der Waals surface area (Å²) in [5.41, 5.74) is 5.04. The number of nitrogen functional groups attached to an aromatic ring is 1. The molecule has 0 unspecified atom stereocenters. The van der Waals surface area contributed by atoms with Crippen molar-refractivity contribution in [2.45, 2.75) is 52.1 Å².